The van der Waals surface area contributed by atoms with Crippen LogP contribution in [0.5, 0.6) is 0 Å². The highest BCUT2D eigenvalue weighted by Crippen LogP contribution is 2.17. The van der Waals surface area contributed by atoms with Gasteiger partial charge in [0.05, 0.1) is 29.6 Å². The monoisotopic (exact) mass is 369 g/mol. The first kappa shape index (κ1) is 17.9. The molecule has 138 valence electrons. The summed E-state index contributed by atoms with van der Waals surface area (Å²) in [7, 11) is 1.57. The fourth-order valence-electron chi connectivity index (χ4n) is 2.39. The van der Waals surface area contributed by atoms with Gasteiger partial charge in [0.2, 0.25) is 0 Å². The summed E-state index contributed by atoms with van der Waals surface area (Å²) < 4.78 is 6.49. The van der Waals surface area contributed by atoms with Crippen LogP contribution in [-0.4, -0.2) is 26.5 Å². The van der Waals surface area contributed by atoms with E-state index in [-0.39, 0.29) is 29.2 Å². The summed E-state index contributed by atoms with van der Waals surface area (Å²) in [6, 6.07) is 8.56. The minimum absolute atomic E-state index is 0.120. The molecule has 2 heterocycles. The molecule has 0 atom stereocenters. The maximum Gasteiger partial charge on any atom is 0.272 e. The quantitative estimate of drug-likeness (QED) is 0.505. The first-order valence-corrected chi connectivity index (χ1v) is 7.84. The Balaban J connectivity index is 1.72. The molecular formula is C17H15N5O5. The molecule has 0 unspecified atom stereocenters. The Bertz CT molecular complexity index is 976. The average molecular weight is 369 g/mol. The zero-order chi connectivity index (χ0) is 19.4. The first-order valence-electron chi connectivity index (χ1n) is 7.84. The molecule has 0 bridgehead atoms. The molecular weight excluding hydrogens is 354 g/mol. The zero-order valence-corrected chi connectivity index (χ0v) is 14.2. The Kier molecular flexibility index (Phi) is 4.97. The van der Waals surface area contributed by atoms with E-state index >= 15 is 0 Å². The molecule has 0 saturated carbocycles. The largest absolute Gasteiger partial charge is 0.467 e. The van der Waals surface area contributed by atoms with Crippen molar-refractivity contribution in [3.63, 3.8) is 0 Å². The van der Waals surface area contributed by atoms with Crippen molar-refractivity contribution in [2.75, 3.05) is 5.32 Å². The predicted molar refractivity (Wildman–Crippen MR) is 94.1 cm³/mol. The Hall–Kier alpha value is -3.95. The van der Waals surface area contributed by atoms with Gasteiger partial charge in [-0.1, -0.05) is 0 Å². The predicted octanol–water partition coefficient (Wildman–Crippen LogP) is 2.10. The number of furan rings is 1. The van der Waals surface area contributed by atoms with Gasteiger partial charge in [-0.05, 0) is 24.3 Å². The fraction of sp³-hybridized carbons (Fsp3) is 0.118. The lowest BCUT2D eigenvalue weighted by molar-refractivity contribution is -0.384. The zero-order valence-electron chi connectivity index (χ0n) is 14.2. The van der Waals surface area contributed by atoms with Crippen molar-refractivity contribution >= 4 is 23.2 Å². The normalized spacial score (nSPS) is 10.4. The van der Waals surface area contributed by atoms with Crippen molar-refractivity contribution < 1.29 is 18.9 Å². The van der Waals surface area contributed by atoms with Crippen LogP contribution < -0.4 is 10.6 Å². The number of hydrogen-bond acceptors (Lipinski definition) is 6. The lowest BCUT2D eigenvalue weighted by atomic mass is 10.2. The van der Waals surface area contributed by atoms with E-state index in [9.17, 15) is 19.7 Å². The number of carbonyl (C=O) groups is 2. The van der Waals surface area contributed by atoms with E-state index in [1.165, 1.54) is 41.4 Å². The van der Waals surface area contributed by atoms with Crippen LogP contribution in [0.25, 0.3) is 0 Å². The number of rotatable bonds is 6. The number of non-ortho nitro benzene ring substituents is 1. The lowest BCUT2D eigenvalue weighted by Gasteiger charge is -2.08. The molecule has 27 heavy (non-hydrogen) atoms. The van der Waals surface area contributed by atoms with Crippen LogP contribution in [0.4, 0.5) is 11.4 Å². The number of nitrogens with one attached hydrogen (secondary N) is 2. The molecule has 1 aromatic carbocycles. The maximum absolute atomic E-state index is 12.4. The van der Waals surface area contributed by atoms with Gasteiger partial charge in [0.25, 0.3) is 17.5 Å². The summed E-state index contributed by atoms with van der Waals surface area (Å²) in [4.78, 5) is 34.9. The number of benzene rings is 1. The SMILES string of the molecule is Cn1ncc(NC(=O)c2ccc([N+](=O)[O-])cc2)c1C(=O)NCc1ccco1. The van der Waals surface area contributed by atoms with Crippen LogP contribution in [0.15, 0.2) is 53.3 Å². The molecule has 2 amide bonds. The average Bonchev–Trinajstić information content (AvgIpc) is 3.29. The van der Waals surface area contributed by atoms with Crippen LogP contribution in [0.2, 0.25) is 0 Å². The van der Waals surface area contributed by atoms with Crippen LogP contribution in [0.3, 0.4) is 0 Å². The number of amides is 2. The molecule has 0 aliphatic carbocycles. The summed E-state index contributed by atoms with van der Waals surface area (Å²) in [6.07, 6.45) is 2.85. The van der Waals surface area contributed by atoms with Crippen molar-refractivity contribution in [3.05, 3.63) is 76.0 Å². The van der Waals surface area contributed by atoms with E-state index < -0.39 is 16.7 Å². The van der Waals surface area contributed by atoms with Gasteiger partial charge in [0, 0.05) is 24.7 Å². The van der Waals surface area contributed by atoms with E-state index in [4.69, 9.17) is 4.42 Å². The second-order valence-corrected chi connectivity index (χ2v) is 5.55. The minimum Gasteiger partial charge on any atom is -0.467 e. The van der Waals surface area contributed by atoms with Gasteiger partial charge >= 0.3 is 0 Å². The molecule has 2 aromatic heterocycles. The highest BCUT2D eigenvalue weighted by atomic mass is 16.6. The molecule has 0 saturated heterocycles. The maximum atomic E-state index is 12.4. The third-order valence-corrected chi connectivity index (χ3v) is 3.75. The van der Waals surface area contributed by atoms with Gasteiger partial charge in [-0.3, -0.25) is 24.4 Å². The Morgan fingerprint density at radius 3 is 2.59 bits per heavy atom. The summed E-state index contributed by atoms with van der Waals surface area (Å²) in [5.41, 5.74) is 0.479. The summed E-state index contributed by atoms with van der Waals surface area (Å²) in [5, 5.41) is 20.0. The van der Waals surface area contributed by atoms with E-state index in [0.29, 0.717) is 5.76 Å². The number of nitrogens with zero attached hydrogens (tertiary/aromatic N) is 3. The fourth-order valence-corrected chi connectivity index (χ4v) is 2.39. The summed E-state index contributed by atoms with van der Waals surface area (Å²) in [6.45, 7) is 0.187. The molecule has 3 aromatic rings. The molecule has 0 aliphatic heterocycles. The summed E-state index contributed by atoms with van der Waals surface area (Å²) in [5.74, 6) is -0.370. The molecule has 0 fully saturated rings. The van der Waals surface area contributed by atoms with Crippen LogP contribution in [-0.2, 0) is 13.6 Å². The van der Waals surface area contributed by atoms with E-state index in [0.717, 1.165) is 0 Å². The number of hydrogen-bond donors (Lipinski definition) is 2. The smallest absolute Gasteiger partial charge is 0.272 e. The van der Waals surface area contributed by atoms with Crippen molar-refractivity contribution in [1.29, 1.82) is 0 Å². The minimum atomic E-state index is -0.551. The Morgan fingerprint density at radius 2 is 1.96 bits per heavy atom. The number of nitro groups is 1. The number of aryl methyl sites for hydroxylation is 1. The van der Waals surface area contributed by atoms with Crippen LogP contribution >= 0.6 is 0 Å². The van der Waals surface area contributed by atoms with Gasteiger partial charge in [0.1, 0.15) is 11.5 Å². The molecule has 0 spiro atoms. The van der Waals surface area contributed by atoms with Gasteiger partial charge in [-0.15, -0.1) is 0 Å². The molecule has 10 nitrogen and oxygen atoms in total. The third-order valence-electron chi connectivity index (χ3n) is 3.75. The van der Waals surface area contributed by atoms with Crippen LogP contribution in [0.1, 0.15) is 26.6 Å². The topological polar surface area (TPSA) is 132 Å². The van der Waals surface area contributed by atoms with Gasteiger partial charge in [-0.2, -0.15) is 5.10 Å². The van der Waals surface area contributed by atoms with E-state index in [1.807, 2.05) is 0 Å². The lowest BCUT2D eigenvalue weighted by Crippen LogP contribution is -2.26. The third kappa shape index (κ3) is 4.00. The van der Waals surface area contributed by atoms with E-state index in [1.54, 1.807) is 19.2 Å². The van der Waals surface area contributed by atoms with Crippen molar-refractivity contribution in [2.45, 2.75) is 6.54 Å². The molecule has 0 radical (unpaired) electrons. The molecule has 3 rings (SSSR count). The second-order valence-electron chi connectivity index (χ2n) is 5.55. The molecule has 0 aliphatic rings. The number of carbonyl (C=O) groups excluding carboxylic acids is 2. The first-order chi connectivity index (χ1) is 13.0. The van der Waals surface area contributed by atoms with Gasteiger partial charge in [-0.25, -0.2) is 0 Å². The van der Waals surface area contributed by atoms with Gasteiger partial charge < -0.3 is 15.1 Å². The summed E-state index contributed by atoms with van der Waals surface area (Å²) >= 11 is 0. The number of aromatic nitrogens is 2. The van der Waals surface area contributed by atoms with Gasteiger partial charge in [0.15, 0.2) is 0 Å². The Labute approximate surface area is 152 Å². The van der Waals surface area contributed by atoms with Crippen molar-refractivity contribution in [1.82, 2.24) is 15.1 Å². The number of anilines is 1. The van der Waals surface area contributed by atoms with Crippen molar-refractivity contribution in [2.24, 2.45) is 7.05 Å². The highest BCUT2D eigenvalue weighted by Gasteiger charge is 2.19. The van der Waals surface area contributed by atoms with Crippen molar-refractivity contribution in [3.8, 4) is 0 Å². The molecule has 2 N–H and O–H groups in total. The molecule has 10 heteroatoms. The standard InChI is InChI=1S/C17H15N5O5/c1-21-15(17(24)18-9-13-3-2-8-27-13)14(10-19-21)20-16(23)11-4-6-12(7-5-11)22(25)26/h2-8,10H,9H2,1H3,(H,18,24)(H,20,23). The Morgan fingerprint density at radius 1 is 1.22 bits per heavy atom. The van der Waals surface area contributed by atoms with E-state index in [2.05, 4.69) is 15.7 Å². The van der Waals surface area contributed by atoms with Crippen LogP contribution in [0, 0.1) is 10.1 Å². The number of nitro benzene ring substituents is 1. The second kappa shape index (κ2) is 7.52. The highest BCUT2D eigenvalue weighted by molar-refractivity contribution is 6.08.